The van der Waals surface area contributed by atoms with Crippen LogP contribution in [0.15, 0.2) is 42.6 Å². The second-order valence-corrected chi connectivity index (χ2v) is 9.73. The third-order valence-electron chi connectivity index (χ3n) is 7.23. The fourth-order valence-electron chi connectivity index (χ4n) is 4.90. The monoisotopic (exact) mass is 531 g/mol. The van der Waals surface area contributed by atoms with Gasteiger partial charge in [0.25, 0.3) is 0 Å². The molecule has 0 radical (unpaired) electrons. The van der Waals surface area contributed by atoms with Crippen molar-refractivity contribution >= 4 is 29.4 Å². The molecule has 2 fully saturated rings. The van der Waals surface area contributed by atoms with E-state index < -0.39 is 34.8 Å². The number of nitrogens with one attached hydrogen (secondary N) is 3. The molecule has 2 aliphatic carbocycles. The molecule has 0 unspecified atom stereocenters. The number of carbonyl (C=O) groups is 2. The first-order chi connectivity index (χ1) is 18.1. The Labute approximate surface area is 218 Å². The van der Waals surface area contributed by atoms with Crippen LogP contribution in [0.4, 0.5) is 23.2 Å². The number of halogens is 4. The Balaban J connectivity index is 1.58. The van der Waals surface area contributed by atoms with Gasteiger partial charge in [-0.3, -0.25) is 4.79 Å². The van der Waals surface area contributed by atoms with Crippen LogP contribution in [0.5, 0.6) is 0 Å². The quantitative estimate of drug-likeness (QED) is 0.214. The van der Waals surface area contributed by atoms with Crippen molar-refractivity contribution in [2.24, 2.45) is 0 Å². The number of allylic oxidation sites excluding steroid dienone is 1. The van der Waals surface area contributed by atoms with Gasteiger partial charge in [0.2, 0.25) is 5.91 Å². The number of benzene rings is 2. The van der Waals surface area contributed by atoms with Crippen LogP contribution in [0.3, 0.4) is 0 Å². The van der Waals surface area contributed by atoms with Gasteiger partial charge in [-0.25, -0.2) is 9.18 Å². The van der Waals surface area contributed by atoms with Crippen LogP contribution in [0.2, 0.25) is 0 Å². The van der Waals surface area contributed by atoms with Crippen LogP contribution in [0.1, 0.15) is 72.0 Å². The van der Waals surface area contributed by atoms with Gasteiger partial charge in [0.05, 0.1) is 23.7 Å². The Morgan fingerprint density at radius 3 is 2.34 bits per heavy atom. The fraction of sp³-hybridized carbons (Fsp3) is 0.393. The molecule has 0 atom stereocenters. The summed E-state index contributed by atoms with van der Waals surface area (Å²) in [4.78, 5) is 25.7. The van der Waals surface area contributed by atoms with Gasteiger partial charge in [-0.1, -0.05) is 31.4 Å². The molecule has 2 aromatic carbocycles. The Morgan fingerprint density at radius 1 is 1.05 bits per heavy atom. The highest BCUT2D eigenvalue weighted by Crippen LogP contribution is 2.50. The van der Waals surface area contributed by atoms with Crippen LogP contribution < -0.4 is 10.6 Å². The van der Waals surface area contributed by atoms with E-state index in [0.29, 0.717) is 23.2 Å². The lowest BCUT2D eigenvalue weighted by Gasteiger charge is -2.22. The third-order valence-corrected chi connectivity index (χ3v) is 7.23. The van der Waals surface area contributed by atoms with Crippen molar-refractivity contribution in [1.29, 1.82) is 5.41 Å². The summed E-state index contributed by atoms with van der Waals surface area (Å²) in [7, 11) is 1.22. The first-order valence-electron chi connectivity index (χ1n) is 12.5. The number of amides is 1. The lowest BCUT2D eigenvalue weighted by molar-refractivity contribution is -0.137. The molecule has 2 aromatic rings. The maximum atomic E-state index is 14.6. The van der Waals surface area contributed by atoms with Gasteiger partial charge in [0.1, 0.15) is 5.82 Å². The Morgan fingerprint density at radius 2 is 1.76 bits per heavy atom. The van der Waals surface area contributed by atoms with Crippen molar-refractivity contribution in [3.8, 4) is 0 Å². The summed E-state index contributed by atoms with van der Waals surface area (Å²) < 4.78 is 58.4. The Bertz CT molecular complexity index is 1260. The molecule has 202 valence electrons. The number of carbonyl (C=O) groups excluding carboxylic acids is 2. The summed E-state index contributed by atoms with van der Waals surface area (Å²) in [5, 5.41) is 13.9. The average Bonchev–Trinajstić information content (AvgIpc) is 3.71. The topological polar surface area (TPSA) is 91.3 Å². The molecule has 3 N–H and O–H groups in total. The molecule has 2 aliphatic rings. The van der Waals surface area contributed by atoms with Crippen LogP contribution in [0, 0.1) is 11.2 Å². The van der Waals surface area contributed by atoms with E-state index in [1.165, 1.54) is 19.6 Å². The van der Waals surface area contributed by atoms with Crippen LogP contribution in [0.25, 0.3) is 5.57 Å². The van der Waals surface area contributed by atoms with Crippen molar-refractivity contribution in [3.05, 3.63) is 70.7 Å². The molecule has 0 heterocycles. The number of ether oxygens (including phenoxy) is 1. The number of alkyl halides is 3. The lowest BCUT2D eigenvalue weighted by atomic mass is 9.92. The maximum absolute atomic E-state index is 14.6. The summed E-state index contributed by atoms with van der Waals surface area (Å²) >= 11 is 0. The summed E-state index contributed by atoms with van der Waals surface area (Å²) in [5.74, 6) is -2.35. The molecular weight excluding hydrogens is 502 g/mol. The highest BCUT2D eigenvalue weighted by molar-refractivity contribution is 6.13. The van der Waals surface area contributed by atoms with Crippen molar-refractivity contribution in [2.75, 3.05) is 12.4 Å². The second-order valence-electron chi connectivity index (χ2n) is 9.73. The highest BCUT2D eigenvalue weighted by Gasteiger charge is 2.53. The maximum Gasteiger partial charge on any atom is 0.416 e. The molecule has 0 spiro atoms. The highest BCUT2D eigenvalue weighted by atomic mass is 19.4. The van der Waals surface area contributed by atoms with E-state index in [-0.39, 0.29) is 29.7 Å². The number of anilines is 1. The normalized spacial score (nSPS) is 17.4. The van der Waals surface area contributed by atoms with Crippen molar-refractivity contribution in [2.45, 2.75) is 62.6 Å². The zero-order valence-corrected chi connectivity index (χ0v) is 20.9. The standard InChI is InChI=1S/C28H29F4N3O3/c1-38-25(36)22-14-20(8-9-21(22)17(15-33)16-34-19-5-3-2-4-6-19)35-26(37)27(11-12-27)23-10-7-18(13-24(23)29)28(30,31)32/h7-10,13-16,19,33-34H,2-6,11-12H2,1H3,(H,35,37)/b17-16+,33-15?. The summed E-state index contributed by atoms with van der Waals surface area (Å²) in [6.07, 6.45) is 4.20. The number of rotatable bonds is 8. The van der Waals surface area contributed by atoms with Crippen LogP contribution in [-0.4, -0.2) is 31.2 Å². The molecule has 0 bridgehead atoms. The van der Waals surface area contributed by atoms with Gasteiger partial charge in [0.15, 0.2) is 0 Å². The molecule has 0 aliphatic heterocycles. The average molecular weight is 532 g/mol. The van der Waals surface area contributed by atoms with Crippen molar-refractivity contribution in [1.82, 2.24) is 5.32 Å². The minimum Gasteiger partial charge on any atom is -0.465 e. The predicted molar refractivity (Wildman–Crippen MR) is 135 cm³/mol. The van der Waals surface area contributed by atoms with Crippen LogP contribution in [-0.2, 0) is 21.1 Å². The van der Waals surface area contributed by atoms with Gasteiger partial charge >= 0.3 is 12.1 Å². The molecular formula is C28H29F4N3O3. The summed E-state index contributed by atoms with van der Waals surface area (Å²) in [6.45, 7) is 0. The molecule has 10 heteroatoms. The van der Waals surface area contributed by atoms with E-state index in [4.69, 9.17) is 10.1 Å². The zero-order chi connectivity index (χ0) is 27.5. The second kappa shape index (κ2) is 11.0. The van der Waals surface area contributed by atoms with Gasteiger partial charge in [-0.15, -0.1) is 0 Å². The number of hydrogen-bond acceptors (Lipinski definition) is 5. The molecule has 1 amide bonds. The van der Waals surface area contributed by atoms with E-state index >= 15 is 0 Å². The lowest BCUT2D eigenvalue weighted by Crippen LogP contribution is -2.29. The molecule has 2 saturated carbocycles. The smallest absolute Gasteiger partial charge is 0.416 e. The van der Waals surface area contributed by atoms with E-state index in [0.717, 1.165) is 44.0 Å². The largest absolute Gasteiger partial charge is 0.465 e. The van der Waals surface area contributed by atoms with Gasteiger partial charge in [0, 0.05) is 35.3 Å². The van der Waals surface area contributed by atoms with Gasteiger partial charge in [-0.05, 0) is 55.5 Å². The first-order valence-corrected chi connectivity index (χ1v) is 12.5. The van der Waals surface area contributed by atoms with Gasteiger partial charge in [-0.2, -0.15) is 13.2 Å². The Kier molecular flexibility index (Phi) is 7.89. The SMILES string of the molecule is COC(=O)c1cc(NC(=O)C2(c3ccc(C(F)(F)F)cc3F)CC2)ccc1/C(C=N)=C/NC1CCCCC1. The summed E-state index contributed by atoms with van der Waals surface area (Å²) in [6, 6.07) is 7.02. The van der Waals surface area contributed by atoms with Crippen molar-refractivity contribution in [3.63, 3.8) is 0 Å². The van der Waals surface area contributed by atoms with Gasteiger partial charge < -0.3 is 20.8 Å². The minimum absolute atomic E-state index is 0.101. The first kappa shape index (κ1) is 27.3. The molecule has 38 heavy (non-hydrogen) atoms. The van der Waals surface area contributed by atoms with Crippen molar-refractivity contribution < 1.29 is 31.9 Å². The third kappa shape index (κ3) is 5.74. The number of esters is 1. The Hall–Kier alpha value is -3.69. The minimum atomic E-state index is -4.69. The summed E-state index contributed by atoms with van der Waals surface area (Å²) in [5.41, 5.74) is -1.26. The predicted octanol–water partition coefficient (Wildman–Crippen LogP) is 6.21. The molecule has 0 aromatic heterocycles. The number of hydrogen-bond donors (Lipinski definition) is 3. The van der Waals surface area contributed by atoms with E-state index in [1.54, 1.807) is 18.3 Å². The number of methoxy groups -OCH3 is 1. The molecule has 4 rings (SSSR count). The zero-order valence-electron chi connectivity index (χ0n) is 20.9. The van der Waals surface area contributed by atoms with E-state index in [2.05, 4.69) is 10.6 Å². The van der Waals surface area contributed by atoms with E-state index in [1.807, 2.05) is 0 Å². The fourth-order valence-corrected chi connectivity index (χ4v) is 4.90. The van der Waals surface area contributed by atoms with E-state index in [9.17, 15) is 27.2 Å². The van der Waals surface area contributed by atoms with Crippen LogP contribution >= 0.6 is 0 Å². The molecule has 6 nitrogen and oxygen atoms in total. The molecule has 0 saturated heterocycles.